The van der Waals surface area contributed by atoms with Crippen molar-refractivity contribution in [3.8, 4) is 0 Å². The van der Waals surface area contributed by atoms with Gasteiger partial charge in [-0.05, 0) is 18.6 Å². The van der Waals surface area contributed by atoms with E-state index in [-0.39, 0.29) is 36.5 Å². The summed E-state index contributed by atoms with van der Waals surface area (Å²) in [6.07, 6.45) is -3.64. The number of alkyl halides is 3. The second-order valence-electron chi connectivity index (χ2n) is 8.49. The molecule has 1 unspecified atom stereocenters. The molecule has 0 radical (unpaired) electrons. The molecule has 37 heavy (non-hydrogen) atoms. The lowest BCUT2D eigenvalue weighted by Crippen LogP contribution is -2.50. The van der Waals surface area contributed by atoms with Gasteiger partial charge in [0.05, 0.1) is 12.4 Å². The molecule has 1 aliphatic heterocycles. The van der Waals surface area contributed by atoms with Crippen LogP contribution < -0.4 is 10.6 Å². The SMILES string of the molecule is CC[C@@]1(COC=O)O[C@@H](n2cnc3c(NC(=O)c4ccccc4)ncnc32)[C@@H](NC(=O)C(F)(F)F)C1C. The van der Waals surface area contributed by atoms with E-state index in [1.165, 1.54) is 10.9 Å². The van der Waals surface area contributed by atoms with Gasteiger partial charge < -0.3 is 20.1 Å². The Balaban J connectivity index is 1.72. The molecule has 0 saturated carbocycles. The monoisotopic (exact) mass is 520 g/mol. The highest BCUT2D eigenvalue weighted by atomic mass is 19.4. The van der Waals surface area contributed by atoms with E-state index in [4.69, 9.17) is 9.47 Å². The molecule has 11 nitrogen and oxygen atoms in total. The number of hydrogen-bond donors (Lipinski definition) is 2. The second kappa shape index (κ2) is 10.1. The first-order valence-corrected chi connectivity index (χ1v) is 11.3. The lowest BCUT2D eigenvalue weighted by Gasteiger charge is -2.31. The van der Waals surface area contributed by atoms with Crippen LogP contribution in [0, 0.1) is 5.92 Å². The summed E-state index contributed by atoms with van der Waals surface area (Å²) in [4.78, 5) is 47.9. The first-order valence-electron chi connectivity index (χ1n) is 11.3. The van der Waals surface area contributed by atoms with Crippen molar-refractivity contribution in [2.45, 2.75) is 44.3 Å². The van der Waals surface area contributed by atoms with Crippen LogP contribution in [0.3, 0.4) is 0 Å². The molecular weight excluding hydrogens is 497 g/mol. The largest absolute Gasteiger partial charge is 0.471 e. The highest BCUT2D eigenvalue weighted by molar-refractivity contribution is 6.06. The lowest BCUT2D eigenvalue weighted by atomic mass is 9.84. The zero-order valence-corrected chi connectivity index (χ0v) is 19.7. The molecule has 1 saturated heterocycles. The van der Waals surface area contributed by atoms with Gasteiger partial charge in [0, 0.05) is 11.5 Å². The molecule has 2 aromatic heterocycles. The summed E-state index contributed by atoms with van der Waals surface area (Å²) in [7, 11) is 0. The van der Waals surface area contributed by atoms with Crippen molar-refractivity contribution in [1.29, 1.82) is 0 Å². The number of nitrogens with zero attached hydrogens (tertiary/aromatic N) is 4. The maximum absolute atomic E-state index is 13.1. The number of rotatable bonds is 8. The van der Waals surface area contributed by atoms with Gasteiger partial charge in [-0.1, -0.05) is 32.0 Å². The minimum Gasteiger partial charge on any atom is -0.465 e. The Morgan fingerprint density at radius 2 is 1.95 bits per heavy atom. The number of hydrogen-bond acceptors (Lipinski definition) is 8. The number of carbonyl (C=O) groups is 3. The Morgan fingerprint density at radius 1 is 1.22 bits per heavy atom. The molecule has 1 aromatic carbocycles. The second-order valence-corrected chi connectivity index (χ2v) is 8.49. The quantitative estimate of drug-likeness (QED) is 0.433. The first-order chi connectivity index (χ1) is 17.6. The first kappa shape index (κ1) is 26.0. The minimum absolute atomic E-state index is 0.0746. The highest BCUT2D eigenvalue weighted by Gasteiger charge is 2.55. The van der Waals surface area contributed by atoms with E-state index in [0.29, 0.717) is 5.56 Å². The number of benzene rings is 1. The predicted octanol–water partition coefficient (Wildman–Crippen LogP) is 2.61. The molecule has 196 valence electrons. The fourth-order valence-electron chi connectivity index (χ4n) is 4.40. The number of amides is 2. The van der Waals surface area contributed by atoms with Gasteiger partial charge >= 0.3 is 12.1 Å². The van der Waals surface area contributed by atoms with Crippen molar-refractivity contribution in [3.05, 3.63) is 48.5 Å². The predicted molar refractivity (Wildman–Crippen MR) is 122 cm³/mol. The molecule has 3 aromatic rings. The summed E-state index contributed by atoms with van der Waals surface area (Å²) < 4.78 is 51.9. The Bertz CT molecular complexity index is 1300. The molecule has 14 heteroatoms. The number of imidazole rings is 1. The lowest BCUT2D eigenvalue weighted by molar-refractivity contribution is -0.175. The van der Waals surface area contributed by atoms with Gasteiger partial charge in [0.25, 0.3) is 12.4 Å². The Kier molecular flexibility index (Phi) is 7.12. The fraction of sp³-hybridized carbons (Fsp3) is 0.391. The van der Waals surface area contributed by atoms with Gasteiger partial charge in [-0.2, -0.15) is 13.2 Å². The average Bonchev–Trinajstić information content (AvgIpc) is 3.43. The van der Waals surface area contributed by atoms with Crippen LogP contribution in [0.25, 0.3) is 11.2 Å². The molecular formula is C23H23F3N6O5. The molecule has 2 N–H and O–H groups in total. The number of fused-ring (bicyclic) bond motifs is 1. The van der Waals surface area contributed by atoms with Crippen molar-refractivity contribution in [2.24, 2.45) is 5.92 Å². The number of aromatic nitrogens is 4. The summed E-state index contributed by atoms with van der Waals surface area (Å²) in [6, 6.07) is 7.18. The van der Waals surface area contributed by atoms with Crippen LogP contribution in [-0.4, -0.2) is 62.2 Å². The summed E-state index contributed by atoms with van der Waals surface area (Å²) in [5.74, 6) is -3.24. The number of nitrogens with one attached hydrogen (secondary N) is 2. The summed E-state index contributed by atoms with van der Waals surface area (Å²) in [6.45, 7) is 3.29. The van der Waals surface area contributed by atoms with E-state index in [2.05, 4.69) is 20.3 Å². The fourth-order valence-corrected chi connectivity index (χ4v) is 4.40. The molecule has 2 amide bonds. The molecule has 4 atom stereocenters. The third-order valence-electron chi connectivity index (χ3n) is 6.48. The van der Waals surface area contributed by atoms with E-state index in [1.807, 2.05) is 5.32 Å². The number of anilines is 1. The van der Waals surface area contributed by atoms with Crippen LogP contribution in [0.4, 0.5) is 19.0 Å². The molecule has 0 spiro atoms. The zero-order valence-electron chi connectivity index (χ0n) is 19.7. The van der Waals surface area contributed by atoms with E-state index >= 15 is 0 Å². The molecule has 1 fully saturated rings. The Hall–Kier alpha value is -4.07. The average molecular weight is 520 g/mol. The number of carbonyl (C=O) groups excluding carboxylic acids is 3. The van der Waals surface area contributed by atoms with Crippen LogP contribution in [0.2, 0.25) is 0 Å². The maximum atomic E-state index is 13.1. The van der Waals surface area contributed by atoms with Gasteiger partial charge in [-0.3, -0.25) is 19.0 Å². The molecule has 1 aliphatic rings. The van der Waals surface area contributed by atoms with Gasteiger partial charge in [0.2, 0.25) is 0 Å². The van der Waals surface area contributed by atoms with Crippen molar-refractivity contribution < 1.29 is 37.0 Å². The van der Waals surface area contributed by atoms with Crippen molar-refractivity contribution in [1.82, 2.24) is 24.8 Å². The number of halogens is 3. The molecule has 0 aliphatic carbocycles. The summed E-state index contributed by atoms with van der Waals surface area (Å²) >= 11 is 0. The molecule has 4 rings (SSSR count). The molecule has 3 heterocycles. The summed E-state index contributed by atoms with van der Waals surface area (Å²) in [5, 5.41) is 4.66. The van der Waals surface area contributed by atoms with Crippen LogP contribution >= 0.6 is 0 Å². The van der Waals surface area contributed by atoms with Crippen LogP contribution in [0.5, 0.6) is 0 Å². The Labute approximate surface area is 208 Å². The van der Waals surface area contributed by atoms with E-state index < -0.39 is 41.8 Å². The Morgan fingerprint density at radius 3 is 2.59 bits per heavy atom. The van der Waals surface area contributed by atoms with Gasteiger partial charge in [0.15, 0.2) is 23.2 Å². The van der Waals surface area contributed by atoms with Crippen molar-refractivity contribution >= 4 is 35.3 Å². The van der Waals surface area contributed by atoms with Crippen LogP contribution in [0.15, 0.2) is 43.0 Å². The number of ether oxygens (including phenoxy) is 2. The standard InChI is InChI=1S/C23H23F3N6O5/c1-3-22(9-36-12-33)13(2)15(30-21(35)23(24,25)26)20(37-22)32-11-29-16-17(27-10-28-18(16)32)31-19(34)14-7-5-4-6-8-14/h4-8,10-13,15,20H,3,9H2,1-2H3,(H,30,35)(H,27,28,31,34)/t13?,15-,20+,22-/m0/s1. The van der Waals surface area contributed by atoms with Gasteiger partial charge in [-0.15, -0.1) is 0 Å². The normalized spacial score (nSPS) is 23.5. The molecule has 0 bridgehead atoms. The minimum atomic E-state index is -5.13. The smallest absolute Gasteiger partial charge is 0.465 e. The third-order valence-corrected chi connectivity index (χ3v) is 6.48. The van der Waals surface area contributed by atoms with Crippen molar-refractivity contribution in [2.75, 3.05) is 11.9 Å². The van der Waals surface area contributed by atoms with E-state index in [1.54, 1.807) is 44.2 Å². The summed E-state index contributed by atoms with van der Waals surface area (Å²) in [5.41, 5.74) is -0.532. The topological polar surface area (TPSA) is 137 Å². The van der Waals surface area contributed by atoms with Gasteiger partial charge in [0.1, 0.15) is 18.5 Å². The van der Waals surface area contributed by atoms with Crippen LogP contribution in [0.1, 0.15) is 36.9 Å². The zero-order chi connectivity index (χ0) is 26.8. The van der Waals surface area contributed by atoms with Crippen molar-refractivity contribution in [3.63, 3.8) is 0 Å². The van der Waals surface area contributed by atoms with Gasteiger partial charge in [-0.25, -0.2) is 15.0 Å². The third kappa shape index (κ3) is 4.96. The van der Waals surface area contributed by atoms with E-state index in [0.717, 1.165) is 6.33 Å². The van der Waals surface area contributed by atoms with Crippen LogP contribution in [-0.2, 0) is 19.1 Å². The highest BCUT2D eigenvalue weighted by Crippen LogP contribution is 2.45. The maximum Gasteiger partial charge on any atom is 0.471 e. The van der Waals surface area contributed by atoms with E-state index in [9.17, 15) is 27.6 Å².